The van der Waals surface area contributed by atoms with Gasteiger partial charge in [0.2, 0.25) is 5.88 Å². The van der Waals surface area contributed by atoms with Crippen LogP contribution >= 0.6 is 0 Å². The van der Waals surface area contributed by atoms with E-state index in [1.165, 1.54) is 6.07 Å². The Morgan fingerprint density at radius 3 is 2.41 bits per heavy atom. The van der Waals surface area contributed by atoms with Crippen LogP contribution in [-0.4, -0.2) is 43.9 Å². The van der Waals surface area contributed by atoms with E-state index < -0.39 is 17.6 Å². The fraction of sp³-hybridized carbons (Fsp3) is 0.333. The number of carbonyl (C=O) groups excluding carboxylic acids is 1. The van der Waals surface area contributed by atoms with Gasteiger partial charge in [-0.05, 0) is 37.8 Å². The zero-order chi connectivity index (χ0) is 24.0. The summed E-state index contributed by atoms with van der Waals surface area (Å²) in [6, 6.07) is 8.71. The Morgan fingerprint density at radius 1 is 1.03 bits per heavy atom. The van der Waals surface area contributed by atoms with Gasteiger partial charge in [0.05, 0.1) is 29.6 Å². The predicted molar refractivity (Wildman–Crippen MR) is 113 cm³/mol. The number of amides is 1. The van der Waals surface area contributed by atoms with E-state index in [1.807, 2.05) is 6.92 Å². The Morgan fingerprint density at radius 2 is 1.76 bits per heavy atom. The van der Waals surface area contributed by atoms with E-state index in [0.29, 0.717) is 17.5 Å². The first kappa shape index (κ1) is 22.2. The Labute approximate surface area is 192 Å². The van der Waals surface area contributed by atoms with E-state index >= 15 is 0 Å². The molecule has 0 spiro atoms. The summed E-state index contributed by atoms with van der Waals surface area (Å²) >= 11 is 0. The normalized spacial score (nSPS) is 23.9. The molecule has 2 bridgehead atoms. The number of hydrogen-bond donors (Lipinski definition) is 0. The van der Waals surface area contributed by atoms with Crippen LogP contribution in [0, 0.1) is 11.7 Å². The van der Waals surface area contributed by atoms with Crippen molar-refractivity contribution < 1.29 is 27.1 Å². The summed E-state index contributed by atoms with van der Waals surface area (Å²) in [5.74, 6) is -0.274. The fourth-order valence-electron chi connectivity index (χ4n) is 4.92. The van der Waals surface area contributed by atoms with Crippen LogP contribution in [0.4, 0.5) is 17.6 Å². The minimum Gasteiger partial charge on any atom is -0.472 e. The van der Waals surface area contributed by atoms with Crippen LogP contribution in [-0.2, 0) is 6.18 Å². The summed E-state index contributed by atoms with van der Waals surface area (Å²) in [7, 11) is 0. The number of alkyl halides is 3. The van der Waals surface area contributed by atoms with Crippen molar-refractivity contribution in [1.29, 1.82) is 0 Å². The van der Waals surface area contributed by atoms with Gasteiger partial charge in [0.1, 0.15) is 6.10 Å². The van der Waals surface area contributed by atoms with Gasteiger partial charge >= 0.3 is 6.18 Å². The molecule has 10 heteroatoms. The molecule has 1 amide bonds. The molecule has 34 heavy (non-hydrogen) atoms. The molecule has 0 radical (unpaired) electrons. The number of nitrogens with zero attached hydrogens (tertiary/aromatic N) is 4. The number of piperidine rings is 1. The third kappa shape index (κ3) is 3.97. The molecule has 1 aromatic carbocycles. The minimum atomic E-state index is -4.47. The molecule has 2 aliphatic rings. The summed E-state index contributed by atoms with van der Waals surface area (Å²) in [5, 5.41) is 0. The third-order valence-corrected chi connectivity index (χ3v) is 6.58. The molecule has 4 atom stereocenters. The molecule has 1 saturated carbocycles. The van der Waals surface area contributed by atoms with Crippen LogP contribution < -0.4 is 4.74 Å². The zero-order valence-corrected chi connectivity index (χ0v) is 18.0. The first-order valence-electron chi connectivity index (χ1n) is 10.8. The number of benzene rings is 1. The summed E-state index contributed by atoms with van der Waals surface area (Å²) < 4.78 is 57.7. The van der Waals surface area contributed by atoms with Gasteiger partial charge < -0.3 is 9.64 Å². The Kier molecular flexibility index (Phi) is 5.45. The van der Waals surface area contributed by atoms with E-state index in [1.54, 1.807) is 29.2 Å². The highest BCUT2D eigenvalue weighted by atomic mass is 19.4. The number of halogens is 4. The number of aromatic nitrogens is 3. The maximum absolute atomic E-state index is 13.7. The smallest absolute Gasteiger partial charge is 0.417 e. The molecule has 3 heterocycles. The third-order valence-electron chi connectivity index (χ3n) is 6.58. The van der Waals surface area contributed by atoms with Crippen LogP contribution in [0.25, 0.3) is 11.4 Å². The Bertz CT molecular complexity index is 1200. The first-order chi connectivity index (χ1) is 16.2. The van der Waals surface area contributed by atoms with Crippen molar-refractivity contribution in [2.75, 3.05) is 0 Å². The van der Waals surface area contributed by atoms with E-state index in [4.69, 9.17) is 4.74 Å². The molecular weight excluding hydrogens is 452 g/mol. The van der Waals surface area contributed by atoms with Gasteiger partial charge in [0.25, 0.3) is 5.91 Å². The molecule has 0 N–H and O–H groups in total. The van der Waals surface area contributed by atoms with Crippen molar-refractivity contribution in [3.8, 4) is 17.3 Å². The van der Waals surface area contributed by atoms with E-state index in [0.717, 1.165) is 31.1 Å². The van der Waals surface area contributed by atoms with Gasteiger partial charge in [-0.1, -0.05) is 18.2 Å². The van der Waals surface area contributed by atoms with Crippen LogP contribution in [0.5, 0.6) is 5.88 Å². The predicted octanol–water partition coefficient (Wildman–Crippen LogP) is 4.77. The summed E-state index contributed by atoms with van der Waals surface area (Å²) in [5.41, 5.74) is 0.0297. The number of pyridine rings is 1. The highest BCUT2D eigenvalue weighted by Gasteiger charge is 2.53. The second kappa shape index (κ2) is 8.34. The van der Waals surface area contributed by atoms with Gasteiger partial charge in [0.15, 0.2) is 11.6 Å². The molecule has 2 fully saturated rings. The summed E-state index contributed by atoms with van der Waals surface area (Å²) in [6.45, 7) is 1.98. The van der Waals surface area contributed by atoms with Gasteiger partial charge in [-0.25, -0.2) is 19.3 Å². The zero-order valence-electron chi connectivity index (χ0n) is 18.0. The number of rotatable bonds is 4. The largest absolute Gasteiger partial charge is 0.472 e. The molecule has 5 rings (SSSR count). The first-order valence-corrected chi connectivity index (χ1v) is 10.8. The monoisotopic (exact) mass is 472 g/mol. The topological polar surface area (TPSA) is 68.2 Å². The van der Waals surface area contributed by atoms with Crippen LogP contribution in [0.3, 0.4) is 0 Å². The lowest BCUT2D eigenvalue weighted by Crippen LogP contribution is -2.51. The number of ether oxygens (including phenoxy) is 1. The van der Waals surface area contributed by atoms with Crippen LogP contribution in [0.1, 0.15) is 35.7 Å². The van der Waals surface area contributed by atoms with Crippen LogP contribution in [0.2, 0.25) is 0 Å². The molecule has 3 aromatic rings. The lowest BCUT2D eigenvalue weighted by Gasteiger charge is -2.38. The van der Waals surface area contributed by atoms with E-state index in [9.17, 15) is 22.4 Å². The Balaban J connectivity index is 1.39. The number of fused-ring (bicyclic) bond motifs is 2. The standard InChI is InChI=1S/C24H20F4N4O2/c1-13-14-8-19(20(9-14)34-21-7-6-15(10-29-21)24(26,27)28)32(13)23(33)18-5-3-2-4-17(18)22-30-11-16(25)12-31-22/h2-7,10-14,19-20H,8-9H2,1H3/t13-,14-,19+,20-/m1/s1. The summed E-state index contributed by atoms with van der Waals surface area (Å²) in [6.07, 6.45) is -0.612. The van der Waals surface area contributed by atoms with Gasteiger partial charge in [-0.2, -0.15) is 13.2 Å². The van der Waals surface area contributed by atoms with Crippen LogP contribution in [0.15, 0.2) is 55.0 Å². The van der Waals surface area contributed by atoms with Gasteiger partial charge in [0, 0.05) is 23.9 Å². The number of carbonyl (C=O) groups is 1. The lowest BCUT2D eigenvalue weighted by atomic mass is 9.97. The van der Waals surface area contributed by atoms with Crippen molar-refractivity contribution >= 4 is 5.91 Å². The average molecular weight is 472 g/mol. The molecule has 176 valence electrons. The Hall–Kier alpha value is -3.56. The second-order valence-electron chi connectivity index (χ2n) is 8.56. The van der Waals surface area contributed by atoms with E-state index in [-0.39, 0.29) is 41.7 Å². The highest BCUT2D eigenvalue weighted by Crippen LogP contribution is 2.45. The number of hydrogen-bond acceptors (Lipinski definition) is 5. The molecule has 1 aliphatic carbocycles. The lowest BCUT2D eigenvalue weighted by molar-refractivity contribution is -0.137. The maximum Gasteiger partial charge on any atom is 0.417 e. The van der Waals surface area contributed by atoms with Crippen molar-refractivity contribution in [2.45, 2.75) is 44.1 Å². The molecule has 1 saturated heterocycles. The number of likely N-dealkylation sites (tertiary alicyclic amines) is 1. The quantitative estimate of drug-likeness (QED) is 0.512. The SMILES string of the molecule is C[C@@H]1[C@H]2C[C@@H](Oc3ccc(C(F)(F)F)cn3)[C@H](C2)N1C(=O)c1ccccc1-c1ncc(F)cn1. The minimum absolute atomic E-state index is 0.0416. The van der Waals surface area contributed by atoms with E-state index in [2.05, 4.69) is 15.0 Å². The fourth-order valence-corrected chi connectivity index (χ4v) is 4.92. The second-order valence-corrected chi connectivity index (χ2v) is 8.56. The molecular formula is C24H20F4N4O2. The van der Waals surface area contributed by atoms with Gasteiger partial charge in [-0.15, -0.1) is 0 Å². The maximum atomic E-state index is 13.7. The van der Waals surface area contributed by atoms with Crippen molar-refractivity contribution in [3.63, 3.8) is 0 Å². The van der Waals surface area contributed by atoms with Crippen molar-refractivity contribution in [2.24, 2.45) is 5.92 Å². The molecule has 1 aliphatic heterocycles. The molecule has 6 nitrogen and oxygen atoms in total. The molecule has 2 aromatic heterocycles. The average Bonchev–Trinajstić information content (AvgIpc) is 3.36. The molecule has 0 unspecified atom stereocenters. The van der Waals surface area contributed by atoms with Crippen molar-refractivity contribution in [1.82, 2.24) is 19.9 Å². The van der Waals surface area contributed by atoms with Crippen molar-refractivity contribution in [3.05, 3.63) is 71.9 Å². The highest BCUT2D eigenvalue weighted by molar-refractivity contribution is 6.00. The summed E-state index contributed by atoms with van der Waals surface area (Å²) in [4.78, 5) is 27.3. The van der Waals surface area contributed by atoms with Gasteiger partial charge in [-0.3, -0.25) is 4.79 Å².